The molecule has 0 saturated carbocycles. The first-order valence-electron chi connectivity index (χ1n) is 7.76. The number of rotatable bonds is 6. The Hall–Kier alpha value is -2.37. The van der Waals surface area contributed by atoms with Crippen LogP contribution in [0.5, 0.6) is 0 Å². The van der Waals surface area contributed by atoms with Gasteiger partial charge in [-0.2, -0.15) is 0 Å². The predicted octanol–water partition coefficient (Wildman–Crippen LogP) is 1.45. The maximum atomic E-state index is 14.4. The summed E-state index contributed by atoms with van der Waals surface area (Å²) in [5, 5.41) is 2.37. The van der Waals surface area contributed by atoms with Crippen molar-refractivity contribution >= 4 is 42.9 Å². The quantitative estimate of drug-likeness (QED) is 0.576. The number of pyridine rings is 1. The van der Waals surface area contributed by atoms with Crippen molar-refractivity contribution in [2.75, 3.05) is 13.2 Å². The summed E-state index contributed by atoms with van der Waals surface area (Å²) in [5.74, 6) is -0.432. The summed E-state index contributed by atoms with van der Waals surface area (Å²) in [4.78, 5) is 24.5. The molecule has 0 unspecified atom stereocenters. The van der Waals surface area contributed by atoms with Gasteiger partial charge in [0.25, 0.3) is 0 Å². The minimum atomic E-state index is -0.715. The molecule has 0 spiro atoms. The SMILES string of the molecule is Cl.O=C(NCCF)c1ccc([As]c2ccnc(-c3cccnc3)n2)c(F)c1. The van der Waals surface area contributed by atoms with E-state index in [0.29, 0.717) is 10.2 Å². The fourth-order valence-electron chi connectivity index (χ4n) is 2.17. The normalized spacial score (nSPS) is 10.6. The molecule has 0 aliphatic carbocycles. The number of nitrogens with one attached hydrogen (secondary N) is 1. The van der Waals surface area contributed by atoms with Gasteiger partial charge in [-0.05, 0) is 0 Å². The van der Waals surface area contributed by atoms with Crippen LogP contribution in [0.1, 0.15) is 10.4 Å². The number of halogens is 3. The number of hydrogen-bond acceptors (Lipinski definition) is 4. The second kappa shape index (κ2) is 10.1. The van der Waals surface area contributed by atoms with Crippen LogP contribution in [0.3, 0.4) is 0 Å². The molecular weight excluding hydrogens is 437 g/mol. The van der Waals surface area contributed by atoms with Gasteiger partial charge in [-0.1, -0.05) is 0 Å². The van der Waals surface area contributed by atoms with Crippen molar-refractivity contribution in [3.8, 4) is 11.4 Å². The molecule has 139 valence electrons. The fourth-order valence-corrected chi connectivity index (χ4v) is 3.96. The second-order valence-electron chi connectivity index (χ2n) is 5.20. The van der Waals surface area contributed by atoms with Gasteiger partial charge in [0.05, 0.1) is 0 Å². The molecule has 3 rings (SSSR count). The van der Waals surface area contributed by atoms with Gasteiger partial charge in [-0.25, -0.2) is 0 Å². The van der Waals surface area contributed by atoms with Crippen LogP contribution in [0.25, 0.3) is 11.4 Å². The number of aromatic nitrogens is 3. The minimum absolute atomic E-state index is 0. The van der Waals surface area contributed by atoms with Crippen molar-refractivity contribution < 1.29 is 13.6 Å². The van der Waals surface area contributed by atoms with Crippen LogP contribution in [-0.4, -0.2) is 49.8 Å². The molecule has 27 heavy (non-hydrogen) atoms. The Balaban J connectivity index is 0.00000261. The van der Waals surface area contributed by atoms with E-state index in [1.165, 1.54) is 12.1 Å². The first kappa shape index (κ1) is 20.9. The molecule has 0 bridgehead atoms. The Morgan fingerprint density at radius 2 is 2.04 bits per heavy atom. The summed E-state index contributed by atoms with van der Waals surface area (Å²) in [6, 6.07) is 9.68. The third-order valence-corrected chi connectivity index (χ3v) is 5.66. The molecule has 5 nitrogen and oxygen atoms in total. The van der Waals surface area contributed by atoms with Crippen molar-refractivity contribution in [1.82, 2.24) is 20.3 Å². The van der Waals surface area contributed by atoms with E-state index in [4.69, 9.17) is 0 Å². The third kappa shape index (κ3) is 5.55. The molecule has 1 radical (unpaired) electrons. The van der Waals surface area contributed by atoms with Gasteiger partial charge >= 0.3 is 155 Å². The summed E-state index contributed by atoms with van der Waals surface area (Å²) in [5.41, 5.74) is 0.954. The van der Waals surface area contributed by atoms with Gasteiger partial charge in [0.2, 0.25) is 0 Å². The summed E-state index contributed by atoms with van der Waals surface area (Å²) in [6.07, 6.45) is 4.97. The Bertz CT molecular complexity index is 915. The van der Waals surface area contributed by atoms with E-state index in [0.717, 1.165) is 10.0 Å². The van der Waals surface area contributed by atoms with Crippen molar-refractivity contribution in [1.29, 1.82) is 0 Å². The van der Waals surface area contributed by atoms with E-state index in [-0.39, 0.29) is 24.5 Å². The molecule has 1 aromatic carbocycles. The molecule has 0 fully saturated rings. The molecule has 2 heterocycles. The number of alkyl halides is 1. The monoisotopic (exact) mass is 451 g/mol. The van der Waals surface area contributed by atoms with Crippen LogP contribution in [0.4, 0.5) is 8.78 Å². The van der Waals surface area contributed by atoms with Gasteiger partial charge in [0, 0.05) is 0 Å². The number of benzene rings is 1. The Morgan fingerprint density at radius 3 is 2.74 bits per heavy atom. The number of amides is 1. The van der Waals surface area contributed by atoms with E-state index < -0.39 is 34.2 Å². The molecular formula is C18H15AsClF2N4O. The standard InChI is InChI=1S/C18H14AsF2N4O.ClH/c20-6-9-24-18(26)12-3-4-14(15(21)10-12)19-16-5-8-23-17(25-16)13-2-1-7-22-11-13;/h1-5,7-8,10-11H,6,9H2,(H,24,26);1H. The third-order valence-electron chi connectivity index (χ3n) is 3.39. The van der Waals surface area contributed by atoms with Crippen molar-refractivity contribution in [2.45, 2.75) is 0 Å². The second-order valence-corrected chi connectivity index (χ2v) is 7.64. The number of hydrogen-bond donors (Lipinski definition) is 1. The van der Waals surface area contributed by atoms with Gasteiger partial charge in [0.1, 0.15) is 0 Å². The van der Waals surface area contributed by atoms with Crippen LogP contribution in [0.2, 0.25) is 0 Å². The van der Waals surface area contributed by atoms with Crippen LogP contribution >= 0.6 is 12.4 Å². The molecule has 0 saturated heterocycles. The molecule has 1 N–H and O–H groups in total. The maximum absolute atomic E-state index is 14.4. The Labute approximate surface area is 167 Å². The Kier molecular flexibility index (Phi) is 7.82. The first-order valence-corrected chi connectivity index (χ1v) is 9.64. The summed E-state index contributed by atoms with van der Waals surface area (Å²) in [7, 11) is 0. The fraction of sp³-hybridized carbons (Fsp3) is 0.111. The average Bonchev–Trinajstić information content (AvgIpc) is 2.68. The molecule has 9 heteroatoms. The van der Waals surface area contributed by atoms with Gasteiger partial charge in [0.15, 0.2) is 0 Å². The average molecular weight is 452 g/mol. The number of nitrogens with zero attached hydrogens (tertiary/aromatic N) is 3. The topological polar surface area (TPSA) is 67.8 Å². The van der Waals surface area contributed by atoms with Crippen LogP contribution in [0, 0.1) is 5.82 Å². The molecule has 1 amide bonds. The van der Waals surface area contributed by atoms with Crippen molar-refractivity contribution in [2.24, 2.45) is 0 Å². The molecule has 0 aliphatic heterocycles. The van der Waals surface area contributed by atoms with E-state index in [9.17, 15) is 13.6 Å². The number of carbonyl (C=O) groups is 1. The predicted molar refractivity (Wildman–Crippen MR) is 102 cm³/mol. The summed E-state index contributed by atoms with van der Waals surface area (Å²) < 4.78 is 27.7. The number of carbonyl (C=O) groups excluding carboxylic acids is 1. The Morgan fingerprint density at radius 1 is 1.19 bits per heavy atom. The zero-order chi connectivity index (χ0) is 18.4. The zero-order valence-electron chi connectivity index (χ0n) is 14.0. The van der Waals surface area contributed by atoms with Crippen LogP contribution in [0.15, 0.2) is 55.0 Å². The molecule has 3 aromatic rings. The van der Waals surface area contributed by atoms with E-state index in [1.807, 2.05) is 6.07 Å². The van der Waals surface area contributed by atoms with E-state index in [1.54, 1.807) is 36.8 Å². The van der Waals surface area contributed by atoms with Crippen molar-refractivity contribution in [3.05, 3.63) is 66.4 Å². The van der Waals surface area contributed by atoms with E-state index >= 15 is 0 Å². The van der Waals surface area contributed by atoms with Crippen LogP contribution < -0.4 is 14.1 Å². The van der Waals surface area contributed by atoms with Crippen LogP contribution in [-0.2, 0) is 0 Å². The first-order chi connectivity index (χ1) is 12.7. The molecule has 0 aliphatic rings. The van der Waals surface area contributed by atoms with Gasteiger partial charge in [-0.15, -0.1) is 12.4 Å². The zero-order valence-corrected chi connectivity index (χ0v) is 16.7. The summed E-state index contributed by atoms with van der Waals surface area (Å²) in [6.45, 7) is -0.754. The molecule has 2 aromatic heterocycles. The van der Waals surface area contributed by atoms with Gasteiger partial charge < -0.3 is 0 Å². The van der Waals surface area contributed by atoms with E-state index in [2.05, 4.69) is 20.3 Å². The van der Waals surface area contributed by atoms with Gasteiger partial charge in [-0.3, -0.25) is 0 Å². The van der Waals surface area contributed by atoms with Crippen molar-refractivity contribution in [3.63, 3.8) is 0 Å². The molecule has 0 atom stereocenters. The summed E-state index contributed by atoms with van der Waals surface area (Å²) >= 11 is -0.715.